The molecule has 5 nitrogen and oxygen atoms in total. The van der Waals surface area contributed by atoms with Crippen molar-refractivity contribution in [3.8, 4) is 11.5 Å². The summed E-state index contributed by atoms with van der Waals surface area (Å²) in [5.41, 5.74) is 0. The smallest absolute Gasteiger partial charge is 0.243 e. The molecule has 7 heteroatoms. The predicted octanol–water partition coefficient (Wildman–Crippen LogP) is 1.83. The van der Waals surface area contributed by atoms with Gasteiger partial charge in [0.05, 0.1) is 11.6 Å². The maximum atomic E-state index is 12.6. The molecule has 0 aliphatic carbocycles. The van der Waals surface area contributed by atoms with Crippen LogP contribution in [0.1, 0.15) is 12.8 Å². The Morgan fingerprint density at radius 1 is 1.14 bits per heavy atom. The average Bonchev–Trinajstić information content (AvgIpc) is 2.54. The van der Waals surface area contributed by atoms with Gasteiger partial charge in [-0.2, -0.15) is 4.31 Å². The Hall–Kier alpha value is -1.34. The Morgan fingerprint density at radius 3 is 2.48 bits per heavy atom. The molecule has 0 N–H and O–H groups in total. The number of fused-ring (bicyclic) bond motifs is 1. The number of benzene rings is 1. The summed E-state index contributed by atoms with van der Waals surface area (Å²) in [5.74, 6) is 1.01. The third-order valence-corrected chi connectivity index (χ3v) is 5.84. The highest BCUT2D eigenvalue weighted by molar-refractivity contribution is 7.89. The van der Waals surface area contributed by atoms with Crippen LogP contribution in [0.5, 0.6) is 11.5 Å². The van der Waals surface area contributed by atoms with Crippen molar-refractivity contribution in [1.29, 1.82) is 0 Å². The first kappa shape index (κ1) is 14.6. The third kappa shape index (κ3) is 2.85. The van der Waals surface area contributed by atoms with E-state index < -0.39 is 10.0 Å². The van der Waals surface area contributed by atoms with Crippen molar-refractivity contribution in [1.82, 2.24) is 4.31 Å². The Balaban J connectivity index is 1.82. The monoisotopic (exact) mass is 315 g/mol. The largest absolute Gasteiger partial charge is 0.486 e. The predicted molar refractivity (Wildman–Crippen MR) is 74.9 cm³/mol. The Labute approximate surface area is 123 Å². The number of halogens is 1. The number of nitrogens with zero attached hydrogens (tertiary/aromatic N) is 1. The second-order valence-corrected chi connectivity index (χ2v) is 7.25. The number of ether oxygens (including phenoxy) is 2. The summed E-state index contributed by atoms with van der Waals surface area (Å²) in [6, 6.07) is 4.66. The molecule has 21 heavy (non-hydrogen) atoms. The van der Waals surface area contributed by atoms with E-state index in [0.29, 0.717) is 50.6 Å². The molecule has 1 fully saturated rings. The van der Waals surface area contributed by atoms with E-state index >= 15 is 0 Å². The molecule has 2 aliphatic rings. The Morgan fingerprint density at radius 2 is 1.81 bits per heavy atom. The van der Waals surface area contributed by atoms with E-state index in [1.54, 1.807) is 6.07 Å². The number of alkyl halides is 1. The van der Waals surface area contributed by atoms with E-state index in [9.17, 15) is 12.8 Å². The molecule has 2 aliphatic heterocycles. The van der Waals surface area contributed by atoms with Crippen molar-refractivity contribution >= 4 is 10.0 Å². The normalized spacial score (nSPS) is 20.4. The van der Waals surface area contributed by atoms with Crippen LogP contribution in [0.25, 0.3) is 0 Å². The van der Waals surface area contributed by atoms with Crippen LogP contribution in [0, 0.1) is 5.92 Å². The molecule has 1 saturated heterocycles. The summed E-state index contributed by atoms with van der Waals surface area (Å²) in [7, 11) is -3.55. The SMILES string of the molecule is O=S(=O)(c1ccc2c(c1)OCCO2)N1CCC(CF)CC1. The molecule has 0 aromatic heterocycles. The zero-order valence-corrected chi connectivity index (χ0v) is 12.4. The topological polar surface area (TPSA) is 55.8 Å². The van der Waals surface area contributed by atoms with E-state index in [2.05, 4.69) is 0 Å². The Bertz CT molecular complexity index is 611. The summed E-state index contributed by atoms with van der Waals surface area (Å²) >= 11 is 0. The highest BCUT2D eigenvalue weighted by Crippen LogP contribution is 2.34. The van der Waals surface area contributed by atoms with Gasteiger partial charge in [0, 0.05) is 19.2 Å². The molecule has 2 heterocycles. The van der Waals surface area contributed by atoms with E-state index in [4.69, 9.17) is 9.47 Å². The highest BCUT2D eigenvalue weighted by atomic mass is 32.2. The number of hydrogen-bond acceptors (Lipinski definition) is 4. The summed E-state index contributed by atoms with van der Waals surface area (Å²) in [6.07, 6.45) is 1.14. The van der Waals surface area contributed by atoms with Crippen molar-refractivity contribution in [3.63, 3.8) is 0 Å². The Kier molecular flexibility index (Phi) is 4.03. The van der Waals surface area contributed by atoms with Crippen LogP contribution in [-0.4, -0.2) is 45.7 Å². The number of piperidine rings is 1. The first-order valence-electron chi connectivity index (χ1n) is 7.07. The van der Waals surface area contributed by atoms with E-state index in [1.807, 2.05) is 0 Å². The quantitative estimate of drug-likeness (QED) is 0.854. The third-order valence-electron chi connectivity index (χ3n) is 3.94. The van der Waals surface area contributed by atoms with Gasteiger partial charge in [-0.15, -0.1) is 0 Å². The van der Waals surface area contributed by atoms with Crippen LogP contribution >= 0.6 is 0 Å². The van der Waals surface area contributed by atoms with Crippen LogP contribution < -0.4 is 9.47 Å². The molecular formula is C14H18FNO4S. The maximum Gasteiger partial charge on any atom is 0.243 e. The van der Waals surface area contributed by atoms with Crippen LogP contribution in [-0.2, 0) is 10.0 Å². The highest BCUT2D eigenvalue weighted by Gasteiger charge is 2.30. The second-order valence-electron chi connectivity index (χ2n) is 5.31. The van der Waals surface area contributed by atoms with Gasteiger partial charge in [-0.25, -0.2) is 8.42 Å². The minimum Gasteiger partial charge on any atom is -0.486 e. The fourth-order valence-electron chi connectivity index (χ4n) is 2.64. The summed E-state index contributed by atoms with van der Waals surface area (Å²) in [4.78, 5) is 0.199. The first-order valence-corrected chi connectivity index (χ1v) is 8.51. The van der Waals surface area contributed by atoms with Gasteiger partial charge in [0.2, 0.25) is 10.0 Å². The lowest BCUT2D eigenvalue weighted by Crippen LogP contribution is -2.38. The lowest BCUT2D eigenvalue weighted by Gasteiger charge is -2.30. The number of sulfonamides is 1. The van der Waals surface area contributed by atoms with Crippen molar-refractivity contribution in [2.45, 2.75) is 17.7 Å². The molecule has 116 valence electrons. The van der Waals surface area contributed by atoms with Gasteiger partial charge in [0.1, 0.15) is 13.2 Å². The molecule has 0 unspecified atom stereocenters. The van der Waals surface area contributed by atoms with Crippen molar-refractivity contribution in [2.75, 3.05) is 33.0 Å². The minimum absolute atomic E-state index is 0.0169. The second kappa shape index (κ2) is 5.81. The summed E-state index contributed by atoms with van der Waals surface area (Å²) in [5, 5.41) is 0. The maximum absolute atomic E-state index is 12.6. The fourth-order valence-corrected chi connectivity index (χ4v) is 4.12. The van der Waals surface area contributed by atoms with E-state index in [1.165, 1.54) is 16.4 Å². The summed E-state index contributed by atoms with van der Waals surface area (Å²) < 4.78 is 50.1. The lowest BCUT2D eigenvalue weighted by atomic mass is 10.0. The van der Waals surface area contributed by atoms with Gasteiger partial charge in [-0.05, 0) is 30.9 Å². The van der Waals surface area contributed by atoms with E-state index in [-0.39, 0.29) is 17.5 Å². The zero-order chi connectivity index (χ0) is 14.9. The van der Waals surface area contributed by atoms with Crippen LogP contribution in [0.3, 0.4) is 0 Å². The van der Waals surface area contributed by atoms with Crippen molar-refractivity contribution < 1.29 is 22.3 Å². The fraction of sp³-hybridized carbons (Fsp3) is 0.571. The summed E-state index contributed by atoms with van der Waals surface area (Å²) in [6.45, 7) is 1.24. The first-order chi connectivity index (χ1) is 10.1. The molecule has 0 bridgehead atoms. The molecule has 0 radical (unpaired) electrons. The van der Waals surface area contributed by atoms with E-state index in [0.717, 1.165) is 0 Å². The zero-order valence-electron chi connectivity index (χ0n) is 11.6. The standard InChI is InChI=1S/C14H18FNO4S/c15-10-11-3-5-16(6-4-11)21(17,18)12-1-2-13-14(9-12)20-8-7-19-13/h1-2,9,11H,3-8,10H2. The molecule has 1 aromatic carbocycles. The lowest BCUT2D eigenvalue weighted by molar-refractivity contribution is 0.171. The molecule has 0 amide bonds. The molecular weight excluding hydrogens is 297 g/mol. The molecule has 3 rings (SSSR count). The minimum atomic E-state index is -3.55. The average molecular weight is 315 g/mol. The van der Waals surface area contributed by atoms with Gasteiger partial charge >= 0.3 is 0 Å². The number of rotatable bonds is 3. The molecule has 0 atom stereocenters. The molecule has 1 aromatic rings. The number of hydrogen-bond donors (Lipinski definition) is 0. The molecule has 0 saturated carbocycles. The van der Waals surface area contributed by atoms with Crippen LogP contribution in [0.2, 0.25) is 0 Å². The van der Waals surface area contributed by atoms with Crippen LogP contribution in [0.4, 0.5) is 4.39 Å². The van der Waals surface area contributed by atoms with Crippen molar-refractivity contribution in [3.05, 3.63) is 18.2 Å². The molecule has 0 spiro atoms. The van der Waals surface area contributed by atoms with Gasteiger partial charge in [0.25, 0.3) is 0 Å². The van der Waals surface area contributed by atoms with Crippen molar-refractivity contribution in [2.24, 2.45) is 5.92 Å². The van der Waals surface area contributed by atoms with Gasteiger partial charge < -0.3 is 9.47 Å². The van der Waals surface area contributed by atoms with Gasteiger partial charge in [-0.1, -0.05) is 0 Å². The van der Waals surface area contributed by atoms with Crippen LogP contribution in [0.15, 0.2) is 23.1 Å². The van der Waals surface area contributed by atoms with Gasteiger partial charge in [0.15, 0.2) is 11.5 Å². The van der Waals surface area contributed by atoms with Gasteiger partial charge in [-0.3, -0.25) is 4.39 Å².